The lowest BCUT2D eigenvalue weighted by atomic mass is 10.2. The predicted molar refractivity (Wildman–Crippen MR) is 81.4 cm³/mol. The van der Waals surface area contributed by atoms with Crippen LogP contribution in [0.2, 0.25) is 0 Å². The summed E-state index contributed by atoms with van der Waals surface area (Å²) in [6.45, 7) is 0. The minimum atomic E-state index is -1.14. The summed E-state index contributed by atoms with van der Waals surface area (Å²) in [5.41, 5.74) is 0.659. The van der Waals surface area contributed by atoms with E-state index in [9.17, 15) is 9.90 Å². The summed E-state index contributed by atoms with van der Waals surface area (Å²) in [5.74, 6) is 1.78. The molecule has 1 amide bonds. The number of para-hydroxylation sites is 4. The summed E-state index contributed by atoms with van der Waals surface area (Å²) in [6, 6.07) is 14.0. The van der Waals surface area contributed by atoms with Crippen molar-refractivity contribution in [3.63, 3.8) is 0 Å². The summed E-state index contributed by atoms with van der Waals surface area (Å²) in [6.07, 6.45) is 1.55. The molecule has 114 valence electrons. The van der Waals surface area contributed by atoms with Gasteiger partial charge < -0.3 is 19.3 Å². The van der Waals surface area contributed by atoms with Gasteiger partial charge in [0, 0.05) is 0 Å². The van der Waals surface area contributed by atoms with Gasteiger partial charge >= 0.3 is 6.09 Å². The Hall–Kier alpha value is -3.41. The number of ether oxygens (including phenoxy) is 3. The Bertz CT molecular complexity index is 856. The smallest absolute Gasteiger partial charge is 0.416 e. The highest BCUT2D eigenvalue weighted by molar-refractivity contribution is 5.93. The average molecular weight is 309 g/mol. The lowest BCUT2D eigenvalue weighted by Gasteiger charge is -2.29. The van der Waals surface area contributed by atoms with Gasteiger partial charge in [0.25, 0.3) is 0 Å². The summed E-state index contributed by atoms with van der Waals surface area (Å²) < 4.78 is 16.8. The van der Waals surface area contributed by atoms with Crippen molar-refractivity contribution < 1.29 is 24.1 Å². The molecular formula is C17H11NO5. The molecule has 0 bridgehead atoms. The van der Waals surface area contributed by atoms with Crippen LogP contribution in [0.1, 0.15) is 0 Å². The van der Waals surface area contributed by atoms with Gasteiger partial charge in [0.05, 0.1) is 5.69 Å². The van der Waals surface area contributed by atoms with E-state index in [1.54, 1.807) is 42.5 Å². The number of hydrogen-bond acceptors (Lipinski definition) is 4. The zero-order chi connectivity index (χ0) is 15.8. The van der Waals surface area contributed by atoms with E-state index in [4.69, 9.17) is 14.2 Å². The fraction of sp³-hybridized carbons (Fsp3) is 0. The number of anilines is 1. The number of rotatable bonds is 1. The molecule has 2 aromatic carbocycles. The van der Waals surface area contributed by atoms with Crippen molar-refractivity contribution in [2.75, 3.05) is 4.90 Å². The maximum Gasteiger partial charge on any atom is 0.416 e. The summed E-state index contributed by atoms with van der Waals surface area (Å²) >= 11 is 0. The molecule has 0 fully saturated rings. The molecule has 0 aliphatic carbocycles. The van der Waals surface area contributed by atoms with Gasteiger partial charge in [-0.25, -0.2) is 9.69 Å². The predicted octanol–water partition coefficient (Wildman–Crippen LogP) is 3.72. The number of hydrogen-bond donors (Lipinski definition) is 1. The summed E-state index contributed by atoms with van der Waals surface area (Å²) in [5, 5.41) is 9.59. The van der Waals surface area contributed by atoms with E-state index in [-0.39, 0.29) is 11.5 Å². The third kappa shape index (κ3) is 2.17. The molecule has 0 radical (unpaired) electrons. The van der Waals surface area contributed by atoms with E-state index in [1.165, 1.54) is 12.5 Å². The Morgan fingerprint density at radius 3 is 2.30 bits per heavy atom. The molecule has 0 unspecified atom stereocenters. The van der Waals surface area contributed by atoms with Crippen molar-refractivity contribution in [3.05, 3.63) is 72.5 Å². The molecular weight excluding hydrogens is 298 g/mol. The lowest BCUT2D eigenvalue weighted by Crippen LogP contribution is -2.33. The van der Waals surface area contributed by atoms with Crippen molar-refractivity contribution in [3.8, 4) is 17.2 Å². The van der Waals surface area contributed by atoms with Crippen LogP contribution in [0.3, 0.4) is 0 Å². The minimum Gasteiger partial charge on any atom is -0.464 e. The Balaban J connectivity index is 1.74. The van der Waals surface area contributed by atoms with Crippen molar-refractivity contribution in [2.24, 2.45) is 0 Å². The van der Waals surface area contributed by atoms with E-state index >= 15 is 0 Å². The molecule has 2 heterocycles. The molecule has 0 saturated carbocycles. The highest BCUT2D eigenvalue weighted by Gasteiger charge is 2.32. The first-order valence-electron chi connectivity index (χ1n) is 6.87. The first-order valence-corrected chi connectivity index (χ1v) is 6.87. The molecule has 0 saturated heterocycles. The molecule has 2 aliphatic heterocycles. The monoisotopic (exact) mass is 309 g/mol. The van der Waals surface area contributed by atoms with Crippen molar-refractivity contribution in [1.82, 2.24) is 0 Å². The Labute approximate surface area is 131 Å². The molecule has 2 aromatic rings. The minimum absolute atomic E-state index is 0.241. The summed E-state index contributed by atoms with van der Waals surface area (Å²) in [7, 11) is 0. The van der Waals surface area contributed by atoms with Crippen LogP contribution in [-0.4, -0.2) is 11.2 Å². The average Bonchev–Trinajstić information content (AvgIpc) is 2.60. The third-order valence-electron chi connectivity index (χ3n) is 3.45. The van der Waals surface area contributed by atoms with Crippen molar-refractivity contribution in [1.29, 1.82) is 0 Å². The van der Waals surface area contributed by atoms with Gasteiger partial charge in [0.1, 0.15) is 18.2 Å². The van der Waals surface area contributed by atoms with Gasteiger partial charge in [-0.1, -0.05) is 24.3 Å². The van der Waals surface area contributed by atoms with Gasteiger partial charge in [-0.3, -0.25) is 0 Å². The molecule has 6 heteroatoms. The maximum atomic E-state index is 11.7. The molecule has 6 nitrogen and oxygen atoms in total. The number of fused-ring (bicyclic) bond motifs is 2. The topological polar surface area (TPSA) is 68.2 Å². The zero-order valence-electron chi connectivity index (χ0n) is 11.8. The molecule has 23 heavy (non-hydrogen) atoms. The molecule has 0 atom stereocenters. The van der Waals surface area contributed by atoms with Crippen LogP contribution in [-0.2, 0) is 0 Å². The largest absolute Gasteiger partial charge is 0.464 e. The second kappa shape index (κ2) is 5.10. The fourth-order valence-corrected chi connectivity index (χ4v) is 2.42. The van der Waals surface area contributed by atoms with E-state index < -0.39 is 6.09 Å². The van der Waals surface area contributed by atoms with E-state index in [0.717, 1.165) is 4.90 Å². The van der Waals surface area contributed by atoms with Crippen molar-refractivity contribution in [2.45, 2.75) is 0 Å². The Morgan fingerprint density at radius 2 is 1.52 bits per heavy atom. The molecule has 4 rings (SSSR count). The highest BCUT2D eigenvalue weighted by Crippen LogP contribution is 2.40. The molecule has 2 aliphatic rings. The van der Waals surface area contributed by atoms with E-state index in [2.05, 4.69) is 0 Å². The van der Waals surface area contributed by atoms with Crippen LogP contribution in [0, 0.1) is 0 Å². The lowest BCUT2D eigenvalue weighted by molar-refractivity contribution is 0.202. The number of carboxylic acid groups (broad SMARTS) is 1. The third-order valence-corrected chi connectivity index (χ3v) is 3.45. The van der Waals surface area contributed by atoms with Gasteiger partial charge in [0.15, 0.2) is 23.0 Å². The van der Waals surface area contributed by atoms with E-state index in [0.29, 0.717) is 22.9 Å². The number of benzene rings is 2. The van der Waals surface area contributed by atoms with Crippen molar-refractivity contribution >= 4 is 11.8 Å². The van der Waals surface area contributed by atoms with Crippen LogP contribution in [0.5, 0.6) is 17.2 Å². The first-order chi connectivity index (χ1) is 11.2. The first kappa shape index (κ1) is 13.3. The van der Waals surface area contributed by atoms with Crippen LogP contribution < -0.4 is 19.1 Å². The fourth-order valence-electron chi connectivity index (χ4n) is 2.42. The summed E-state index contributed by atoms with van der Waals surface area (Å²) in [4.78, 5) is 12.8. The zero-order valence-corrected chi connectivity index (χ0v) is 11.8. The van der Waals surface area contributed by atoms with Crippen LogP contribution in [0.4, 0.5) is 10.5 Å². The quantitative estimate of drug-likeness (QED) is 0.869. The Kier molecular flexibility index (Phi) is 2.94. The van der Waals surface area contributed by atoms with Gasteiger partial charge in [-0.2, -0.15) is 0 Å². The molecule has 0 aromatic heterocycles. The number of nitrogens with zero attached hydrogens (tertiary/aromatic N) is 1. The second-order valence-corrected chi connectivity index (χ2v) is 4.86. The van der Waals surface area contributed by atoms with Crippen LogP contribution in [0.15, 0.2) is 72.5 Å². The SMILES string of the molecule is O=C(O)N1C(C2=COc3ccccc3O2)=COc2ccccc21. The standard InChI is InChI=1S/C17H11NO5/c19-17(20)18-11-5-1-2-6-13(11)21-9-12(18)16-10-22-14-7-3-4-8-15(14)23-16/h1-10H,(H,19,20). The number of amides is 1. The maximum absolute atomic E-state index is 11.7. The van der Waals surface area contributed by atoms with Gasteiger partial charge in [-0.05, 0) is 24.3 Å². The van der Waals surface area contributed by atoms with Crippen LogP contribution in [0.25, 0.3) is 0 Å². The van der Waals surface area contributed by atoms with Gasteiger partial charge in [-0.15, -0.1) is 0 Å². The molecule has 1 N–H and O–H groups in total. The van der Waals surface area contributed by atoms with Crippen LogP contribution >= 0.6 is 0 Å². The van der Waals surface area contributed by atoms with E-state index in [1.807, 2.05) is 6.07 Å². The molecule has 0 spiro atoms. The highest BCUT2D eigenvalue weighted by atomic mass is 16.6. The normalized spacial score (nSPS) is 15.0. The number of carbonyl (C=O) groups is 1. The Morgan fingerprint density at radius 1 is 0.870 bits per heavy atom. The second-order valence-electron chi connectivity index (χ2n) is 4.86. The van der Waals surface area contributed by atoms with Gasteiger partial charge in [0.2, 0.25) is 0 Å².